The van der Waals surface area contributed by atoms with E-state index < -0.39 is 0 Å². The summed E-state index contributed by atoms with van der Waals surface area (Å²) in [4.78, 5) is 4.37. The number of benzene rings is 1. The number of pyridine rings is 1. The first-order valence-corrected chi connectivity index (χ1v) is 7.06. The second-order valence-corrected chi connectivity index (χ2v) is 5.54. The van der Waals surface area contributed by atoms with Crippen molar-refractivity contribution in [1.82, 2.24) is 4.98 Å². The number of hydrogen-bond acceptors (Lipinski definition) is 2. The average molecular weight is 303 g/mol. The van der Waals surface area contributed by atoms with E-state index in [0.29, 0.717) is 6.04 Å². The van der Waals surface area contributed by atoms with E-state index in [-0.39, 0.29) is 0 Å². The van der Waals surface area contributed by atoms with Crippen molar-refractivity contribution in [1.29, 1.82) is 0 Å². The minimum Gasteiger partial charge on any atom is -0.366 e. The van der Waals surface area contributed by atoms with Crippen molar-refractivity contribution in [3.05, 3.63) is 58.2 Å². The van der Waals surface area contributed by atoms with Gasteiger partial charge in [0.2, 0.25) is 0 Å². The molecule has 0 radical (unpaired) electrons. The minimum absolute atomic E-state index is 0.478. The molecule has 3 rings (SSSR count). The van der Waals surface area contributed by atoms with Gasteiger partial charge in [-0.2, -0.15) is 0 Å². The van der Waals surface area contributed by atoms with E-state index in [1.165, 1.54) is 17.5 Å². The Morgan fingerprint density at radius 1 is 1.11 bits per heavy atom. The van der Waals surface area contributed by atoms with Crippen LogP contribution >= 0.6 is 15.9 Å². The molecule has 3 heteroatoms. The van der Waals surface area contributed by atoms with Gasteiger partial charge in [0.25, 0.3) is 0 Å². The Bertz CT molecular complexity index is 554. The summed E-state index contributed by atoms with van der Waals surface area (Å²) >= 11 is 3.53. The van der Waals surface area contributed by atoms with Gasteiger partial charge in [-0.1, -0.05) is 24.3 Å². The maximum absolute atomic E-state index is 4.37. The molecule has 0 fully saturated rings. The van der Waals surface area contributed by atoms with Crippen LogP contribution in [0.5, 0.6) is 0 Å². The van der Waals surface area contributed by atoms with Gasteiger partial charge in [-0.15, -0.1) is 0 Å². The zero-order chi connectivity index (χ0) is 12.4. The Labute approximate surface area is 116 Å². The molecule has 0 aliphatic heterocycles. The standard InChI is InChI=1S/C15H15BrN2/c16-14-6-3-9-17-15(14)18-13-8-7-11-4-1-2-5-12(11)10-13/h1-6,9,13H,7-8,10H2,(H,17,18). The van der Waals surface area contributed by atoms with Crippen molar-refractivity contribution < 1.29 is 0 Å². The van der Waals surface area contributed by atoms with E-state index in [9.17, 15) is 0 Å². The number of anilines is 1. The topological polar surface area (TPSA) is 24.9 Å². The maximum Gasteiger partial charge on any atom is 0.140 e. The summed E-state index contributed by atoms with van der Waals surface area (Å²) in [7, 11) is 0. The van der Waals surface area contributed by atoms with Crippen LogP contribution in [0.3, 0.4) is 0 Å². The molecule has 1 aromatic heterocycles. The smallest absolute Gasteiger partial charge is 0.140 e. The summed E-state index contributed by atoms with van der Waals surface area (Å²) < 4.78 is 1.03. The number of nitrogens with zero attached hydrogens (tertiary/aromatic N) is 1. The van der Waals surface area contributed by atoms with Gasteiger partial charge in [0, 0.05) is 12.2 Å². The Morgan fingerprint density at radius 3 is 2.78 bits per heavy atom. The first-order valence-electron chi connectivity index (χ1n) is 6.27. The third kappa shape index (κ3) is 2.41. The average Bonchev–Trinajstić information content (AvgIpc) is 2.41. The van der Waals surface area contributed by atoms with Gasteiger partial charge in [-0.05, 0) is 58.5 Å². The summed E-state index contributed by atoms with van der Waals surface area (Å²) in [6.45, 7) is 0. The number of rotatable bonds is 2. The Hall–Kier alpha value is -1.35. The fourth-order valence-corrected chi connectivity index (χ4v) is 2.88. The molecule has 1 atom stereocenters. The molecular formula is C15H15BrN2. The fraction of sp³-hybridized carbons (Fsp3) is 0.267. The molecule has 0 bridgehead atoms. The van der Waals surface area contributed by atoms with Crippen molar-refractivity contribution in [3.63, 3.8) is 0 Å². The summed E-state index contributed by atoms with van der Waals surface area (Å²) in [5.74, 6) is 0.946. The molecular weight excluding hydrogens is 288 g/mol. The van der Waals surface area contributed by atoms with E-state index in [2.05, 4.69) is 50.5 Å². The van der Waals surface area contributed by atoms with E-state index in [1.807, 2.05) is 18.3 Å². The van der Waals surface area contributed by atoms with E-state index >= 15 is 0 Å². The van der Waals surface area contributed by atoms with Crippen LogP contribution in [0, 0.1) is 0 Å². The van der Waals surface area contributed by atoms with Gasteiger partial charge >= 0.3 is 0 Å². The molecule has 2 aromatic rings. The van der Waals surface area contributed by atoms with E-state index in [4.69, 9.17) is 0 Å². The van der Waals surface area contributed by atoms with E-state index in [1.54, 1.807) is 0 Å². The number of halogens is 1. The van der Waals surface area contributed by atoms with Gasteiger partial charge in [0.05, 0.1) is 4.47 Å². The quantitative estimate of drug-likeness (QED) is 0.912. The van der Waals surface area contributed by atoms with Crippen LogP contribution in [-0.4, -0.2) is 11.0 Å². The van der Waals surface area contributed by atoms with Crippen molar-refractivity contribution >= 4 is 21.7 Å². The summed E-state index contributed by atoms with van der Waals surface area (Å²) in [6, 6.07) is 13.2. The first kappa shape index (κ1) is 11.7. The Kier molecular flexibility index (Phi) is 3.33. The highest BCUT2D eigenvalue weighted by Gasteiger charge is 2.18. The zero-order valence-electron chi connectivity index (χ0n) is 10.1. The normalized spacial score (nSPS) is 18.2. The summed E-state index contributed by atoms with van der Waals surface area (Å²) in [6.07, 6.45) is 5.22. The summed E-state index contributed by atoms with van der Waals surface area (Å²) in [5, 5.41) is 3.53. The van der Waals surface area contributed by atoms with Gasteiger partial charge < -0.3 is 5.32 Å². The number of aromatic nitrogens is 1. The summed E-state index contributed by atoms with van der Waals surface area (Å²) in [5.41, 5.74) is 2.96. The predicted molar refractivity (Wildman–Crippen MR) is 77.8 cm³/mol. The van der Waals surface area contributed by atoms with Crippen molar-refractivity contribution in [2.24, 2.45) is 0 Å². The molecule has 1 aromatic carbocycles. The maximum atomic E-state index is 4.37. The lowest BCUT2D eigenvalue weighted by Gasteiger charge is -2.26. The molecule has 0 saturated heterocycles. The molecule has 18 heavy (non-hydrogen) atoms. The number of aryl methyl sites for hydroxylation is 1. The number of hydrogen-bond donors (Lipinski definition) is 1. The van der Waals surface area contributed by atoms with E-state index in [0.717, 1.165) is 23.1 Å². The molecule has 0 amide bonds. The van der Waals surface area contributed by atoms with Crippen LogP contribution in [0.15, 0.2) is 47.1 Å². The molecule has 1 unspecified atom stereocenters. The third-order valence-corrected chi connectivity index (χ3v) is 4.09. The molecule has 2 nitrogen and oxygen atoms in total. The third-order valence-electron chi connectivity index (χ3n) is 3.45. The van der Waals surface area contributed by atoms with Crippen molar-refractivity contribution in [3.8, 4) is 0 Å². The lowest BCUT2D eigenvalue weighted by molar-refractivity contribution is 0.608. The second-order valence-electron chi connectivity index (χ2n) is 4.69. The van der Waals surface area contributed by atoms with Gasteiger partial charge in [0.15, 0.2) is 0 Å². The molecule has 1 aliphatic carbocycles. The van der Waals surface area contributed by atoms with Crippen LogP contribution < -0.4 is 5.32 Å². The van der Waals surface area contributed by atoms with Crippen LogP contribution in [0.4, 0.5) is 5.82 Å². The molecule has 92 valence electrons. The van der Waals surface area contributed by atoms with Gasteiger partial charge in [-0.3, -0.25) is 0 Å². The second kappa shape index (κ2) is 5.11. The molecule has 1 aliphatic rings. The van der Waals surface area contributed by atoms with Crippen molar-refractivity contribution in [2.45, 2.75) is 25.3 Å². The van der Waals surface area contributed by atoms with Gasteiger partial charge in [0.1, 0.15) is 5.82 Å². The molecule has 1 heterocycles. The SMILES string of the molecule is Brc1cccnc1NC1CCc2ccccc2C1. The Balaban J connectivity index is 1.75. The molecule has 0 spiro atoms. The van der Waals surface area contributed by atoms with Crippen molar-refractivity contribution in [2.75, 3.05) is 5.32 Å². The highest BCUT2D eigenvalue weighted by molar-refractivity contribution is 9.10. The number of fused-ring (bicyclic) bond motifs is 1. The van der Waals surface area contributed by atoms with Crippen LogP contribution in [-0.2, 0) is 12.8 Å². The first-order chi connectivity index (χ1) is 8.83. The fourth-order valence-electron chi connectivity index (χ4n) is 2.51. The minimum atomic E-state index is 0.478. The highest BCUT2D eigenvalue weighted by atomic mass is 79.9. The van der Waals surface area contributed by atoms with Crippen LogP contribution in [0.25, 0.3) is 0 Å². The van der Waals surface area contributed by atoms with Crippen LogP contribution in [0.1, 0.15) is 17.5 Å². The van der Waals surface area contributed by atoms with Gasteiger partial charge in [-0.25, -0.2) is 4.98 Å². The lowest BCUT2D eigenvalue weighted by atomic mass is 9.88. The molecule has 1 N–H and O–H groups in total. The van der Waals surface area contributed by atoms with Crippen LogP contribution in [0.2, 0.25) is 0 Å². The zero-order valence-corrected chi connectivity index (χ0v) is 11.7. The monoisotopic (exact) mass is 302 g/mol. The lowest BCUT2D eigenvalue weighted by Crippen LogP contribution is -2.27. The Morgan fingerprint density at radius 2 is 1.94 bits per heavy atom. The largest absolute Gasteiger partial charge is 0.366 e. The molecule has 0 saturated carbocycles. The predicted octanol–water partition coefficient (Wildman–Crippen LogP) is 3.81. The number of nitrogens with one attached hydrogen (secondary N) is 1. The highest BCUT2D eigenvalue weighted by Crippen LogP contribution is 2.25.